The molecule has 0 saturated carbocycles. The number of carbonyl (C=O) groups excluding carboxylic acids is 2. The summed E-state index contributed by atoms with van der Waals surface area (Å²) in [6.07, 6.45) is 7.76. The Kier molecular flexibility index (Phi) is 5.62. The van der Waals surface area contributed by atoms with Crippen LogP contribution in [0.5, 0.6) is 0 Å². The van der Waals surface area contributed by atoms with Crippen molar-refractivity contribution in [2.75, 3.05) is 26.2 Å². The van der Waals surface area contributed by atoms with Gasteiger partial charge in [0.15, 0.2) is 0 Å². The van der Waals surface area contributed by atoms with Gasteiger partial charge in [-0.1, -0.05) is 6.07 Å². The number of fused-ring (bicyclic) bond motifs is 1. The van der Waals surface area contributed by atoms with Crippen LogP contribution < -0.4 is 11.1 Å². The molecule has 1 unspecified atom stereocenters. The number of hydrogen-bond acceptors (Lipinski definition) is 4. The second-order valence-electron chi connectivity index (χ2n) is 8.01. The van der Waals surface area contributed by atoms with E-state index in [1.807, 2.05) is 23.1 Å². The zero-order chi connectivity index (χ0) is 19.5. The zero-order valence-corrected chi connectivity index (χ0v) is 16.1. The van der Waals surface area contributed by atoms with Gasteiger partial charge in [-0.25, -0.2) is 0 Å². The van der Waals surface area contributed by atoms with Crippen LogP contribution in [0, 0.1) is 18.3 Å². The standard InChI is InChI=1S/C21H28N5O2/c22-21(28)18(16-1-2-19-17(11-16)13-24-25-19)12-20(27)26-9-5-15(6-10-26)14-3-7-23-8-4-14/h1-2,11-15,18,23H,3-10H2,(H2,22,28)(H,24,25). The van der Waals surface area contributed by atoms with Crippen molar-refractivity contribution in [3.05, 3.63) is 36.4 Å². The SMILES string of the molecule is NC(=O)C([CH]C(=O)N1CCC(C2CCNCC2)CC1)c1ccc2[nH]ncc2c1. The first kappa shape index (κ1) is 18.9. The molecular formula is C21H28N5O2. The first-order valence-electron chi connectivity index (χ1n) is 10.2. The number of piperidine rings is 2. The molecule has 1 atom stereocenters. The van der Waals surface area contributed by atoms with Crippen LogP contribution in [0.3, 0.4) is 0 Å². The van der Waals surface area contributed by atoms with E-state index in [0.29, 0.717) is 5.92 Å². The van der Waals surface area contributed by atoms with Gasteiger partial charge in [-0.3, -0.25) is 14.7 Å². The van der Waals surface area contributed by atoms with Crippen LogP contribution in [0.1, 0.15) is 37.2 Å². The molecule has 0 spiro atoms. The number of nitrogens with one attached hydrogen (secondary N) is 2. The van der Waals surface area contributed by atoms with E-state index in [0.717, 1.165) is 61.4 Å². The zero-order valence-electron chi connectivity index (χ0n) is 16.1. The summed E-state index contributed by atoms with van der Waals surface area (Å²) < 4.78 is 0. The number of benzene rings is 1. The molecule has 7 heteroatoms. The van der Waals surface area contributed by atoms with Gasteiger partial charge in [-0.15, -0.1) is 0 Å². The summed E-state index contributed by atoms with van der Waals surface area (Å²) in [6.45, 7) is 3.74. The molecule has 2 aliphatic heterocycles. The van der Waals surface area contributed by atoms with E-state index >= 15 is 0 Å². The number of aromatic nitrogens is 2. The van der Waals surface area contributed by atoms with Crippen molar-refractivity contribution < 1.29 is 9.59 Å². The van der Waals surface area contributed by atoms with Gasteiger partial charge in [0.25, 0.3) is 0 Å². The topological polar surface area (TPSA) is 104 Å². The van der Waals surface area contributed by atoms with Gasteiger partial charge in [-0.05, 0) is 68.3 Å². The van der Waals surface area contributed by atoms with E-state index in [2.05, 4.69) is 15.5 Å². The molecule has 2 aliphatic rings. The Morgan fingerprint density at radius 3 is 2.57 bits per heavy atom. The summed E-state index contributed by atoms with van der Waals surface area (Å²) in [6, 6.07) is 5.54. The lowest BCUT2D eigenvalue weighted by Gasteiger charge is -2.38. The predicted octanol–water partition coefficient (Wildman–Crippen LogP) is 1.57. The normalized spacial score (nSPS) is 20.4. The van der Waals surface area contributed by atoms with E-state index < -0.39 is 11.8 Å². The van der Waals surface area contributed by atoms with E-state index in [-0.39, 0.29) is 5.91 Å². The van der Waals surface area contributed by atoms with E-state index in [1.54, 1.807) is 6.20 Å². The number of H-pyrrole nitrogens is 1. The lowest BCUT2D eigenvalue weighted by atomic mass is 9.79. The largest absolute Gasteiger partial charge is 0.369 e. The summed E-state index contributed by atoms with van der Waals surface area (Å²) in [5.74, 6) is 0.152. The predicted molar refractivity (Wildman–Crippen MR) is 107 cm³/mol. The molecule has 149 valence electrons. The first-order chi connectivity index (χ1) is 13.6. The second-order valence-corrected chi connectivity index (χ2v) is 8.01. The molecule has 2 fully saturated rings. The number of carbonyl (C=O) groups is 2. The van der Waals surface area contributed by atoms with E-state index in [4.69, 9.17) is 5.73 Å². The number of primary amides is 1. The minimum atomic E-state index is -0.728. The Morgan fingerprint density at radius 1 is 1.14 bits per heavy atom. The summed E-state index contributed by atoms with van der Waals surface area (Å²) in [5, 5.41) is 11.2. The molecule has 2 saturated heterocycles. The van der Waals surface area contributed by atoms with Crippen molar-refractivity contribution in [2.45, 2.75) is 31.6 Å². The summed E-state index contributed by atoms with van der Waals surface area (Å²) in [4.78, 5) is 26.7. The fourth-order valence-electron chi connectivity index (χ4n) is 4.65. The average molecular weight is 382 g/mol. The van der Waals surface area contributed by atoms with Crippen LogP contribution >= 0.6 is 0 Å². The van der Waals surface area contributed by atoms with Crippen LogP contribution in [0.15, 0.2) is 24.4 Å². The number of hydrogen-bond donors (Lipinski definition) is 3. The Bertz CT molecular complexity index is 834. The maximum Gasteiger partial charge on any atom is 0.227 e. The van der Waals surface area contributed by atoms with Gasteiger partial charge in [-0.2, -0.15) is 5.10 Å². The summed E-state index contributed by atoms with van der Waals surface area (Å²) >= 11 is 0. The van der Waals surface area contributed by atoms with Crippen LogP contribution in [-0.4, -0.2) is 53.1 Å². The van der Waals surface area contributed by atoms with Crippen molar-refractivity contribution in [1.29, 1.82) is 0 Å². The molecule has 1 aromatic heterocycles. The maximum absolute atomic E-state index is 12.8. The van der Waals surface area contributed by atoms with Crippen molar-refractivity contribution in [3.63, 3.8) is 0 Å². The third kappa shape index (κ3) is 4.04. The van der Waals surface area contributed by atoms with Crippen LogP contribution in [0.25, 0.3) is 10.9 Å². The molecule has 4 rings (SSSR count). The van der Waals surface area contributed by atoms with Gasteiger partial charge in [0, 0.05) is 18.5 Å². The highest BCUT2D eigenvalue weighted by Crippen LogP contribution is 2.31. The van der Waals surface area contributed by atoms with Gasteiger partial charge in [0.05, 0.1) is 24.1 Å². The number of nitrogens with zero attached hydrogens (tertiary/aromatic N) is 2. The quantitative estimate of drug-likeness (QED) is 0.730. The van der Waals surface area contributed by atoms with Gasteiger partial charge < -0.3 is 16.0 Å². The molecule has 2 amide bonds. The fraction of sp³-hybridized carbons (Fsp3) is 0.524. The number of likely N-dealkylation sites (tertiary alicyclic amines) is 1. The van der Waals surface area contributed by atoms with Crippen LogP contribution in [-0.2, 0) is 9.59 Å². The molecule has 1 radical (unpaired) electrons. The Hall–Kier alpha value is -2.41. The third-order valence-electron chi connectivity index (χ3n) is 6.34. The number of rotatable bonds is 5. The second kappa shape index (κ2) is 8.31. The number of nitrogens with two attached hydrogens (primary N) is 1. The van der Waals surface area contributed by atoms with Crippen LogP contribution in [0.4, 0.5) is 0 Å². The molecular weight excluding hydrogens is 354 g/mol. The molecule has 0 bridgehead atoms. The smallest absolute Gasteiger partial charge is 0.227 e. The molecule has 4 N–H and O–H groups in total. The summed E-state index contributed by atoms with van der Waals surface area (Å²) in [7, 11) is 0. The lowest BCUT2D eigenvalue weighted by Crippen LogP contribution is -2.43. The number of aromatic amines is 1. The summed E-state index contributed by atoms with van der Waals surface area (Å²) in [5.41, 5.74) is 7.22. The Labute approximate surface area is 165 Å². The van der Waals surface area contributed by atoms with Crippen LogP contribution in [0.2, 0.25) is 0 Å². The highest BCUT2D eigenvalue weighted by Gasteiger charge is 2.31. The van der Waals surface area contributed by atoms with Crippen molar-refractivity contribution in [2.24, 2.45) is 17.6 Å². The van der Waals surface area contributed by atoms with Gasteiger partial charge in [0.1, 0.15) is 0 Å². The van der Waals surface area contributed by atoms with E-state index in [1.165, 1.54) is 19.3 Å². The van der Waals surface area contributed by atoms with Gasteiger partial charge >= 0.3 is 0 Å². The molecule has 28 heavy (non-hydrogen) atoms. The van der Waals surface area contributed by atoms with Crippen molar-refractivity contribution >= 4 is 22.7 Å². The highest BCUT2D eigenvalue weighted by molar-refractivity contribution is 5.96. The molecule has 2 aromatic rings. The van der Waals surface area contributed by atoms with Gasteiger partial charge in [0.2, 0.25) is 11.8 Å². The monoisotopic (exact) mass is 382 g/mol. The minimum absolute atomic E-state index is 0.0974. The first-order valence-corrected chi connectivity index (χ1v) is 10.2. The minimum Gasteiger partial charge on any atom is -0.369 e. The average Bonchev–Trinajstić information content (AvgIpc) is 3.20. The maximum atomic E-state index is 12.8. The number of amides is 2. The van der Waals surface area contributed by atoms with Crippen molar-refractivity contribution in [1.82, 2.24) is 20.4 Å². The van der Waals surface area contributed by atoms with Crippen molar-refractivity contribution in [3.8, 4) is 0 Å². The lowest BCUT2D eigenvalue weighted by molar-refractivity contribution is -0.131. The highest BCUT2D eigenvalue weighted by atomic mass is 16.2. The fourth-order valence-corrected chi connectivity index (χ4v) is 4.65. The third-order valence-corrected chi connectivity index (χ3v) is 6.34. The Balaban J connectivity index is 1.37. The Morgan fingerprint density at radius 2 is 1.86 bits per heavy atom. The molecule has 3 heterocycles. The molecule has 7 nitrogen and oxygen atoms in total. The van der Waals surface area contributed by atoms with E-state index in [9.17, 15) is 9.59 Å². The molecule has 0 aliphatic carbocycles. The molecule has 1 aromatic carbocycles.